The third kappa shape index (κ3) is 8.73. The van der Waals surface area contributed by atoms with Gasteiger partial charge >= 0.3 is 12.1 Å². The van der Waals surface area contributed by atoms with E-state index in [4.69, 9.17) is 9.47 Å². The highest BCUT2D eigenvalue weighted by atomic mass is 16.6. The minimum absolute atomic E-state index is 0.0151. The van der Waals surface area contributed by atoms with Crippen molar-refractivity contribution < 1.29 is 33.8 Å². The first-order valence-corrected chi connectivity index (χ1v) is 12.5. The monoisotopic (exact) mass is 519 g/mol. The van der Waals surface area contributed by atoms with Crippen LogP contribution in [0.3, 0.4) is 0 Å². The van der Waals surface area contributed by atoms with Gasteiger partial charge in [0.25, 0.3) is 0 Å². The third-order valence-electron chi connectivity index (χ3n) is 6.12. The van der Waals surface area contributed by atoms with Gasteiger partial charge in [0.15, 0.2) is 0 Å². The summed E-state index contributed by atoms with van der Waals surface area (Å²) in [5.74, 6) is -1.04. The van der Waals surface area contributed by atoms with E-state index in [-0.39, 0.29) is 13.0 Å². The standard InChI is InChI=1S/C17H30N2O6.C10H11NO/c1-16(2,3)12(18-15(23)25-17(4,5)6)13(21)19-9-10(20)8-11(19)14(22)24-7;12-8-11-6-5-9-3-1-2-4-10(9)7-11/h10-12,20H,8-9H2,1-7H3,(H,18,23);1-4,8H,5-7H2/t10?,11?,12-;/m1./s1. The summed E-state index contributed by atoms with van der Waals surface area (Å²) < 4.78 is 9.95. The maximum Gasteiger partial charge on any atom is 0.408 e. The molecule has 0 radical (unpaired) electrons. The summed E-state index contributed by atoms with van der Waals surface area (Å²) in [6.45, 7) is 12.2. The van der Waals surface area contributed by atoms with E-state index in [9.17, 15) is 24.3 Å². The smallest absolute Gasteiger partial charge is 0.408 e. The average Bonchev–Trinajstić information content (AvgIpc) is 3.21. The fraction of sp³-hybridized carbons (Fsp3) is 0.630. The number of carbonyl (C=O) groups excluding carboxylic acids is 4. The van der Waals surface area contributed by atoms with Crippen molar-refractivity contribution >= 4 is 24.4 Å². The molecule has 37 heavy (non-hydrogen) atoms. The van der Waals surface area contributed by atoms with Gasteiger partial charge in [-0.2, -0.15) is 0 Å². The van der Waals surface area contributed by atoms with Crippen LogP contribution < -0.4 is 5.32 Å². The van der Waals surface area contributed by atoms with E-state index in [0.29, 0.717) is 0 Å². The van der Waals surface area contributed by atoms with Gasteiger partial charge in [-0.05, 0) is 43.7 Å². The largest absolute Gasteiger partial charge is 0.467 e. The summed E-state index contributed by atoms with van der Waals surface area (Å²) in [5, 5.41) is 12.5. The first kappa shape index (κ1) is 30.1. The van der Waals surface area contributed by atoms with Crippen molar-refractivity contribution in [3.63, 3.8) is 0 Å². The molecule has 2 heterocycles. The molecule has 3 atom stereocenters. The number of hydrogen-bond acceptors (Lipinski definition) is 7. The van der Waals surface area contributed by atoms with Gasteiger partial charge in [-0.15, -0.1) is 0 Å². The number of nitrogens with one attached hydrogen (secondary N) is 1. The minimum atomic E-state index is -0.917. The van der Waals surface area contributed by atoms with Crippen LogP contribution in [0.25, 0.3) is 0 Å². The quantitative estimate of drug-likeness (QED) is 0.462. The van der Waals surface area contributed by atoms with Crippen LogP contribution in [-0.4, -0.2) is 83.3 Å². The number of β-amino-alcohol motifs (C(OH)–C–C–N with tert-alkyl or cyclic N) is 1. The fourth-order valence-electron chi connectivity index (χ4n) is 4.26. The number of nitrogens with zero attached hydrogens (tertiary/aromatic N) is 2. The Hall–Kier alpha value is -3.14. The summed E-state index contributed by atoms with van der Waals surface area (Å²) >= 11 is 0. The number of benzene rings is 1. The van der Waals surface area contributed by atoms with E-state index >= 15 is 0 Å². The SMILES string of the molecule is COC(=O)C1CC(O)CN1C(=O)[C@@H](NC(=O)OC(C)(C)C)C(C)(C)C.O=CN1CCc2ccccc2C1. The topological polar surface area (TPSA) is 125 Å². The van der Waals surface area contributed by atoms with Crippen molar-refractivity contribution in [1.29, 1.82) is 0 Å². The second kappa shape index (κ2) is 12.4. The predicted molar refractivity (Wildman–Crippen MR) is 137 cm³/mol. The Morgan fingerprint density at radius 1 is 1.11 bits per heavy atom. The van der Waals surface area contributed by atoms with Crippen molar-refractivity contribution in [2.24, 2.45) is 5.41 Å². The van der Waals surface area contributed by atoms with Gasteiger partial charge in [-0.25, -0.2) is 9.59 Å². The first-order valence-electron chi connectivity index (χ1n) is 12.5. The highest BCUT2D eigenvalue weighted by molar-refractivity contribution is 5.91. The molecule has 1 saturated heterocycles. The number of hydrogen-bond donors (Lipinski definition) is 2. The Kier molecular flexibility index (Phi) is 10.1. The normalized spacial score (nSPS) is 20.1. The summed E-state index contributed by atoms with van der Waals surface area (Å²) in [5.41, 5.74) is 1.35. The lowest BCUT2D eigenvalue weighted by atomic mass is 9.85. The molecule has 10 nitrogen and oxygen atoms in total. The van der Waals surface area contributed by atoms with E-state index < -0.39 is 47.2 Å². The van der Waals surface area contributed by atoms with Crippen molar-refractivity contribution in [3.8, 4) is 0 Å². The summed E-state index contributed by atoms with van der Waals surface area (Å²) in [7, 11) is 1.23. The van der Waals surface area contributed by atoms with Crippen molar-refractivity contribution in [2.75, 3.05) is 20.2 Å². The molecule has 0 aromatic heterocycles. The van der Waals surface area contributed by atoms with E-state index in [1.165, 1.54) is 23.1 Å². The molecule has 3 amide bonds. The Bertz CT molecular complexity index is 967. The molecule has 2 unspecified atom stereocenters. The Morgan fingerprint density at radius 3 is 2.27 bits per heavy atom. The number of likely N-dealkylation sites (tertiary alicyclic amines) is 1. The molecule has 0 spiro atoms. The number of amides is 3. The Labute approximate surface area is 219 Å². The molecular weight excluding hydrogens is 478 g/mol. The molecular formula is C27H41N3O7. The number of fused-ring (bicyclic) bond motifs is 1. The molecule has 2 aliphatic rings. The van der Waals surface area contributed by atoms with Crippen LogP contribution in [0, 0.1) is 5.41 Å². The lowest BCUT2D eigenvalue weighted by molar-refractivity contribution is -0.152. The van der Waals surface area contributed by atoms with Gasteiger partial charge in [-0.1, -0.05) is 45.0 Å². The summed E-state index contributed by atoms with van der Waals surface area (Å²) in [6.07, 6.45) is 0.511. The van der Waals surface area contributed by atoms with Crippen LogP contribution in [0.15, 0.2) is 24.3 Å². The van der Waals surface area contributed by atoms with E-state index in [1.807, 2.05) is 11.0 Å². The molecule has 1 aromatic carbocycles. The molecule has 0 bridgehead atoms. The second-order valence-electron chi connectivity index (χ2n) is 11.5. The Morgan fingerprint density at radius 2 is 1.73 bits per heavy atom. The van der Waals surface area contributed by atoms with Gasteiger partial charge in [0, 0.05) is 26.1 Å². The van der Waals surface area contributed by atoms with Crippen LogP contribution in [0.2, 0.25) is 0 Å². The molecule has 10 heteroatoms. The number of carbonyl (C=O) groups is 4. The molecule has 206 valence electrons. The zero-order valence-electron chi connectivity index (χ0n) is 22.9. The van der Waals surface area contributed by atoms with Crippen molar-refractivity contribution in [1.82, 2.24) is 15.1 Å². The molecule has 1 fully saturated rings. The predicted octanol–water partition coefficient (Wildman–Crippen LogP) is 2.26. The number of methoxy groups -OCH3 is 1. The number of ether oxygens (including phenoxy) is 2. The van der Waals surface area contributed by atoms with Crippen LogP contribution in [0.5, 0.6) is 0 Å². The molecule has 1 aromatic rings. The molecule has 0 aliphatic carbocycles. The van der Waals surface area contributed by atoms with Gasteiger partial charge in [0.05, 0.1) is 13.2 Å². The maximum absolute atomic E-state index is 13.0. The minimum Gasteiger partial charge on any atom is -0.467 e. The molecule has 3 rings (SSSR count). The number of aliphatic hydroxyl groups excluding tert-OH is 1. The summed E-state index contributed by atoms with van der Waals surface area (Å²) in [6, 6.07) is 6.52. The van der Waals surface area contributed by atoms with Gasteiger partial charge < -0.3 is 29.7 Å². The number of aliphatic hydroxyl groups is 1. The van der Waals surface area contributed by atoms with E-state index in [1.54, 1.807) is 41.5 Å². The Balaban J connectivity index is 0.000000330. The second-order valence-corrected chi connectivity index (χ2v) is 11.5. The van der Waals surface area contributed by atoms with E-state index in [2.05, 4.69) is 23.5 Å². The third-order valence-corrected chi connectivity index (χ3v) is 6.12. The van der Waals surface area contributed by atoms with Gasteiger partial charge in [-0.3, -0.25) is 9.59 Å². The number of esters is 1. The number of rotatable bonds is 4. The highest BCUT2D eigenvalue weighted by Crippen LogP contribution is 2.27. The van der Waals surface area contributed by atoms with Crippen molar-refractivity contribution in [3.05, 3.63) is 35.4 Å². The molecule has 2 N–H and O–H groups in total. The zero-order chi connectivity index (χ0) is 28.0. The average molecular weight is 520 g/mol. The lowest BCUT2D eigenvalue weighted by Gasteiger charge is -2.35. The van der Waals surface area contributed by atoms with Crippen LogP contribution in [0.1, 0.15) is 59.1 Å². The van der Waals surface area contributed by atoms with Gasteiger partial charge in [0.2, 0.25) is 12.3 Å². The van der Waals surface area contributed by atoms with Crippen LogP contribution in [-0.2, 0) is 36.8 Å². The zero-order valence-corrected chi connectivity index (χ0v) is 22.9. The fourth-order valence-corrected chi connectivity index (χ4v) is 4.26. The highest BCUT2D eigenvalue weighted by Gasteiger charge is 2.45. The van der Waals surface area contributed by atoms with Crippen LogP contribution >= 0.6 is 0 Å². The number of alkyl carbamates (subject to hydrolysis) is 1. The first-order chi connectivity index (χ1) is 17.2. The maximum atomic E-state index is 13.0. The lowest BCUT2D eigenvalue weighted by Crippen LogP contribution is -2.57. The van der Waals surface area contributed by atoms with Crippen LogP contribution in [0.4, 0.5) is 4.79 Å². The van der Waals surface area contributed by atoms with E-state index in [0.717, 1.165) is 25.9 Å². The molecule has 2 aliphatic heterocycles. The van der Waals surface area contributed by atoms with Gasteiger partial charge in [0.1, 0.15) is 17.7 Å². The molecule has 0 saturated carbocycles. The summed E-state index contributed by atoms with van der Waals surface area (Å²) in [4.78, 5) is 50.6. The van der Waals surface area contributed by atoms with Crippen molar-refractivity contribution in [2.45, 2.75) is 84.7 Å².